The van der Waals surface area contributed by atoms with Crippen LogP contribution in [0, 0.1) is 5.92 Å². The van der Waals surface area contributed by atoms with Gasteiger partial charge in [0.1, 0.15) is 11.4 Å². The van der Waals surface area contributed by atoms with E-state index in [2.05, 4.69) is 6.92 Å². The van der Waals surface area contributed by atoms with Gasteiger partial charge in [-0.1, -0.05) is 19.1 Å². The van der Waals surface area contributed by atoms with Crippen molar-refractivity contribution in [3.63, 3.8) is 0 Å². The largest absolute Gasteiger partial charge is 0.496 e. The van der Waals surface area contributed by atoms with Crippen LogP contribution < -0.4 is 4.74 Å². The number of methoxy groups -OCH3 is 1. The van der Waals surface area contributed by atoms with Crippen LogP contribution in [-0.4, -0.2) is 25.1 Å². The summed E-state index contributed by atoms with van der Waals surface area (Å²) < 4.78 is 11.3. The number of carbonyl (C=O) groups is 1. The van der Waals surface area contributed by atoms with E-state index in [1.165, 1.54) is 0 Å². The summed E-state index contributed by atoms with van der Waals surface area (Å²) >= 11 is 0. The molecule has 0 aliphatic heterocycles. The average molecular weight is 276 g/mol. The van der Waals surface area contributed by atoms with Gasteiger partial charge < -0.3 is 9.47 Å². The van der Waals surface area contributed by atoms with E-state index in [0.717, 1.165) is 25.7 Å². The fraction of sp³-hybridized carbons (Fsp3) is 0.588. The molecule has 0 radical (unpaired) electrons. The lowest BCUT2D eigenvalue weighted by molar-refractivity contribution is -0.0475. The highest BCUT2D eigenvalue weighted by Gasteiger charge is 2.42. The average Bonchev–Trinajstić information content (AvgIpc) is 2.49. The third kappa shape index (κ3) is 2.88. The maximum Gasteiger partial charge on any atom is 0.198 e. The zero-order chi connectivity index (χ0) is 14.6. The van der Waals surface area contributed by atoms with Crippen LogP contribution in [0.1, 0.15) is 49.9 Å². The smallest absolute Gasteiger partial charge is 0.198 e. The van der Waals surface area contributed by atoms with Crippen LogP contribution in [0.5, 0.6) is 5.75 Å². The maximum atomic E-state index is 13.0. The molecule has 3 nitrogen and oxygen atoms in total. The fourth-order valence-electron chi connectivity index (χ4n) is 3.02. The Hall–Kier alpha value is -1.35. The van der Waals surface area contributed by atoms with Gasteiger partial charge in [0.15, 0.2) is 5.78 Å². The first-order valence-corrected chi connectivity index (χ1v) is 7.44. The first kappa shape index (κ1) is 15.0. The Labute approximate surface area is 121 Å². The molecule has 1 aliphatic rings. The van der Waals surface area contributed by atoms with Crippen molar-refractivity contribution in [3.05, 3.63) is 29.8 Å². The Balaban J connectivity index is 2.31. The first-order valence-electron chi connectivity index (χ1n) is 7.44. The molecule has 0 aromatic heterocycles. The van der Waals surface area contributed by atoms with Crippen LogP contribution in [0.25, 0.3) is 0 Å². The summed E-state index contributed by atoms with van der Waals surface area (Å²) in [7, 11) is 1.60. The number of ketones is 1. The Morgan fingerprint density at radius 1 is 1.30 bits per heavy atom. The highest BCUT2D eigenvalue weighted by molar-refractivity contribution is 6.04. The normalized spacial score (nSPS) is 26.2. The van der Waals surface area contributed by atoms with Gasteiger partial charge in [-0.15, -0.1) is 0 Å². The minimum atomic E-state index is -0.657. The number of ether oxygens (including phenoxy) is 2. The second-order valence-electron chi connectivity index (χ2n) is 5.64. The predicted molar refractivity (Wildman–Crippen MR) is 79.3 cm³/mol. The topological polar surface area (TPSA) is 35.5 Å². The Morgan fingerprint density at radius 2 is 1.95 bits per heavy atom. The second kappa shape index (κ2) is 6.40. The molecule has 3 heteroatoms. The molecule has 1 aromatic rings. The highest BCUT2D eigenvalue weighted by atomic mass is 16.5. The number of carbonyl (C=O) groups excluding carboxylic acids is 1. The summed E-state index contributed by atoms with van der Waals surface area (Å²) in [5, 5.41) is 0. The van der Waals surface area contributed by atoms with Gasteiger partial charge >= 0.3 is 0 Å². The zero-order valence-corrected chi connectivity index (χ0v) is 12.6. The zero-order valence-electron chi connectivity index (χ0n) is 12.6. The number of benzene rings is 1. The minimum absolute atomic E-state index is 0.0729. The molecule has 1 saturated carbocycles. The lowest BCUT2D eigenvalue weighted by Gasteiger charge is -2.38. The van der Waals surface area contributed by atoms with Crippen molar-refractivity contribution in [3.8, 4) is 5.75 Å². The molecule has 0 bridgehead atoms. The van der Waals surface area contributed by atoms with E-state index >= 15 is 0 Å². The van der Waals surface area contributed by atoms with E-state index in [4.69, 9.17) is 9.47 Å². The molecule has 1 fully saturated rings. The van der Waals surface area contributed by atoms with E-state index in [1.54, 1.807) is 7.11 Å². The first-order chi connectivity index (χ1) is 9.63. The van der Waals surface area contributed by atoms with E-state index < -0.39 is 5.60 Å². The third-order valence-electron chi connectivity index (χ3n) is 4.27. The molecule has 0 spiro atoms. The van der Waals surface area contributed by atoms with Crippen molar-refractivity contribution in [1.82, 2.24) is 0 Å². The SMILES string of the molecule is CCOC1(C(=O)c2ccccc2OC)CCC(C)CC1. The molecule has 2 rings (SSSR count). The maximum absolute atomic E-state index is 13.0. The van der Waals surface area contributed by atoms with Crippen molar-refractivity contribution in [2.45, 2.75) is 45.1 Å². The van der Waals surface area contributed by atoms with E-state index in [-0.39, 0.29) is 5.78 Å². The van der Waals surface area contributed by atoms with Crippen LogP contribution >= 0.6 is 0 Å². The Morgan fingerprint density at radius 3 is 2.55 bits per heavy atom. The number of para-hydroxylation sites is 1. The van der Waals surface area contributed by atoms with Crippen LogP contribution in [-0.2, 0) is 4.74 Å². The van der Waals surface area contributed by atoms with Crippen molar-refractivity contribution < 1.29 is 14.3 Å². The van der Waals surface area contributed by atoms with Crippen molar-refractivity contribution >= 4 is 5.78 Å². The number of Topliss-reactive ketones (excluding diaryl/α,β-unsaturated/α-hetero) is 1. The number of hydrogen-bond acceptors (Lipinski definition) is 3. The fourth-order valence-corrected chi connectivity index (χ4v) is 3.02. The molecule has 0 heterocycles. The molecule has 0 unspecified atom stereocenters. The van der Waals surface area contributed by atoms with Gasteiger partial charge in [-0.25, -0.2) is 0 Å². The summed E-state index contributed by atoms with van der Waals surface area (Å²) in [4.78, 5) is 13.0. The second-order valence-corrected chi connectivity index (χ2v) is 5.64. The summed E-state index contributed by atoms with van der Waals surface area (Å²) in [5.74, 6) is 1.38. The predicted octanol–water partition coefficient (Wildman–Crippen LogP) is 3.86. The van der Waals surface area contributed by atoms with Gasteiger partial charge in [-0.05, 0) is 50.7 Å². The van der Waals surface area contributed by atoms with Gasteiger partial charge in [-0.3, -0.25) is 4.79 Å². The lowest BCUT2D eigenvalue weighted by atomic mass is 9.75. The Kier molecular flexibility index (Phi) is 4.81. The molecule has 0 atom stereocenters. The van der Waals surface area contributed by atoms with Crippen LogP contribution in [0.4, 0.5) is 0 Å². The summed E-state index contributed by atoms with van der Waals surface area (Å²) in [6.07, 6.45) is 3.69. The van der Waals surface area contributed by atoms with Gasteiger partial charge in [0.25, 0.3) is 0 Å². The van der Waals surface area contributed by atoms with Gasteiger partial charge in [0.05, 0.1) is 12.7 Å². The molecule has 0 amide bonds. The Bertz CT molecular complexity index is 459. The molecular formula is C17H24O3. The van der Waals surface area contributed by atoms with Gasteiger partial charge in [-0.2, -0.15) is 0 Å². The standard InChI is InChI=1S/C17H24O3/c1-4-20-17(11-9-13(2)10-12-17)16(18)14-7-5-6-8-15(14)19-3/h5-8,13H,4,9-12H2,1-3H3. The molecular weight excluding hydrogens is 252 g/mol. The molecule has 1 aliphatic carbocycles. The monoisotopic (exact) mass is 276 g/mol. The molecule has 20 heavy (non-hydrogen) atoms. The van der Waals surface area contributed by atoms with Crippen LogP contribution in [0.3, 0.4) is 0 Å². The minimum Gasteiger partial charge on any atom is -0.496 e. The third-order valence-corrected chi connectivity index (χ3v) is 4.27. The number of hydrogen-bond donors (Lipinski definition) is 0. The van der Waals surface area contributed by atoms with Crippen molar-refractivity contribution in [2.75, 3.05) is 13.7 Å². The van der Waals surface area contributed by atoms with Crippen molar-refractivity contribution in [1.29, 1.82) is 0 Å². The highest BCUT2D eigenvalue weighted by Crippen LogP contribution is 2.38. The summed E-state index contributed by atoms with van der Waals surface area (Å²) in [6, 6.07) is 7.42. The van der Waals surface area contributed by atoms with Crippen molar-refractivity contribution in [2.24, 2.45) is 5.92 Å². The summed E-state index contributed by atoms with van der Waals surface area (Å²) in [5.41, 5.74) is -0.0198. The van der Waals surface area contributed by atoms with E-state index in [0.29, 0.717) is 23.8 Å². The van der Waals surface area contributed by atoms with Gasteiger partial charge in [0.2, 0.25) is 0 Å². The molecule has 110 valence electrons. The quantitative estimate of drug-likeness (QED) is 0.766. The lowest BCUT2D eigenvalue weighted by Crippen LogP contribution is -2.44. The molecule has 0 N–H and O–H groups in total. The molecule has 1 aromatic carbocycles. The summed E-state index contributed by atoms with van der Waals surface area (Å²) in [6.45, 7) is 4.76. The van der Waals surface area contributed by atoms with E-state index in [1.807, 2.05) is 31.2 Å². The van der Waals surface area contributed by atoms with Gasteiger partial charge in [0, 0.05) is 6.61 Å². The number of rotatable bonds is 5. The van der Waals surface area contributed by atoms with Crippen LogP contribution in [0.2, 0.25) is 0 Å². The van der Waals surface area contributed by atoms with E-state index in [9.17, 15) is 4.79 Å². The molecule has 0 saturated heterocycles. The van der Waals surface area contributed by atoms with Crippen LogP contribution in [0.15, 0.2) is 24.3 Å².